The van der Waals surface area contributed by atoms with Gasteiger partial charge in [-0.15, -0.1) is 24.8 Å². The largest absolute Gasteiger partial charge is 0.384 e. The summed E-state index contributed by atoms with van der Waals surface area (Å²) >= 11 is 5.98. The number of fused-ring (bicyclic) bond motifs is 1. The number of anilines is 2. The summed E-state index contributed by atoms with van der Waals surface area (Å²) in [5, 5.41) is 4.23. The van der Waals surface area contributed by atoms with Crippen LogP contribution in [-0.4, -0.2) is 45.5 Å². The molecule has 0 aliphatic carbocycles. The Kier molecular flexibility index (Phi) is 11.3. The molecule has 1 unspecified atom stereocenters. The molecule has 0 aliphatic heterocycles. The number of nitrogen functional groups attached to an aromatic ring is 1. The Bertz CT molecular complexity index is 948. The summed E-state index contributed by atoms with van der Waals surface area (Å²) in [6, 6.07) is 9.64. The molecule has 3 N–H and O–H groups in total. The standard InChI is InChI=1S/C22H29ClN6.2ClH/c1-4-29(5-2)12-6-7-15(3)26-18-13-20(24)28-22-21(18)25-14-19(27-22)16-8-10-17(23)11-9-16;;/h8-11,13-15H,4-7,12H2,1-3H3,(H3,24,26,27,28);2*1H. The lowest BCUT2D eigenvalue weighted by Crippen LogP contribution is -2.25. The summed E-state index contributed by atoms with van der Waals surface area (Å²) in [5.41, 5.74) is 9.86. The zero-order valence-corrected chi connectivity index (χ0v) is 20.5. The number of nitrogens with one attached hydrogen (secondary N) is 1. The van der Waals surface area contributed by atoms with Gasteiger partial charge in [-0.2, -0.15) is 0 Å². The predicted molar refractivity (Wildman–Crippen MR) is 137 cm³/mol. The van der Waals surface area contributed by atoms with Crippen LogP contribution >= 0.6 is 36.4 Å². The minimum atomic E-state index is 0. The first-order valence-electron chi connectivity index (χ1n) is 10.2. The smallest absolute Gasteiger partial charge is 0.182 e. The maximum atomic E-state index is 6.04. The minimum Gasteiger partial charge on any atom is -0.384 e. The summed E-state index contributed by atoms with van der Waals surface area (Å²) in [4.78, 5) is 16.1. The molecule has 6 nitrogen and oxygen atoms in total. The molecule has 2 aromatic heterocycles. The first-order chi connectivity index (χ1) is 14.0. The molecule has 0 fully saturated rings. The molecule has 2 heterocycles. The van der Waals surface area contributed by atoms with Gasteiger partial charge in [0, 0.05) is 22.7 Å². The van der Waals surface area contributed by atoms with E-state index in [2.05, 4.69) is 45.9 Å². The molecule has 3 rings (SSSR count). The van der Waals surface area contributed by atoms with Gasteiger partial charge in [-0.25, -0.2) is 15.0 Å². The first kappa shape index (κ1) is 27.2. The molecule has 1 atom stereocenters. The van der Waals surface area contributed by atoms with Crippen molar-refractivity contribution in [1.29, 1.82) is 0 Å². The van der Waals surface area contributed by atoms with Crippen LogP contribution in [0.1, 0.15) is 33.6 Å². The van der Waals surface area contributed by atoms with Gasteiger partial charge in [0.1, 0.15) is 11.3 Å². The lowest BCUT2D eigenvalue weighted by atomic mass is 10.1. The summed E-state index contributed by atoms with van der Waals surface area (Å²) in [5.74, 6) is 0.429. The number of benzene rings is 1. The van der Waals surface area contributed by atoms with Gasteiger partial charge in [-0.1, -0.05) is 37.6 Å². The maximum absolute atomic E-state index is 6.04. The molecule has 0 amide bonds. The van der Waals surface area contributed by atoms with Gasteiger partial charge < -0.3 is 16.0 Å². The van der Waals surface area contributed by atoms with Crippen molar-refractivity contribution in [3.63, 3.8) is 0 Å². The second-order valence-electron chi connectivity index (χ2n) is 7.24. The number of aromatic nitrogens is 3. The van der Waals surface area contributed by atoms with Crippen LogP contribution in [0.2, 0.25) is 5.02 Å². The fraction of sp³-hybridized carbons (Fsp3) is 0.409. The van der Waals surface area contributed by atoms with E-state index in [0.717, 1.165) is 54.9 Å². The maximum Gasteiger partial charge on any atom is 0.182 e. The average molecular weight is 486 g/mol. The summed E-state index contributed by atoms with van der Waals surface area (Å²) < 4.78 is 0. The quantitative estimate of drug-likeness (QED) is 0.405. The van der Waals surface area contributed by atoms with Gasteiger partial charge in [-0.05, 0) is 51.5 Å². The van der Waals surface area contributed by atoms with Crippen molar-refractivity contribution >= 4 is 59.1 Å². The second-order valence-corrected chi connectivity index (χ2v) is 7.68. The molecule has 31 heavy (non-hydrogen) atoms. The van der Waals surface area contributed by atoms with Crippen molar-refractivity contribution in [2.75, 3.05) is 30.7 Å². The van der Waals surface area contributed by atoms with Crippen LogP contribution in [0.25, 0.3) is 22.4 Å². The Morgan fingerprint density at radius 1 is 1.10 bits per heavy atom. The van der Waals surface area contributed by atoms with E-state index in [1.807, 2.05) is 30.3 Å². The molecule has 3 aromatic rings. The summed E-state index contributed by atoms with van der Waals surface area (Å²) in [7, 11) is 0. The van der Waals surface area contributed by atoms with Crippen molar-refractivity contribution < 1.29 is 0 Å². The van der Waals surface area contributed by atoms with Crippen molar-refractivity contribution in [3.05, 3.63) is 41.6 Å². The Morgan fingerprint density at radius 3 is 2.42 bits per heavy atom. The highest BCUT2D eigenvalue weighted by Gasteiger charge is 2.12. The van der Waals surface area contributed by atoms with Crippen molar-refractivity contribution in [2.45, 2.75) is 39.7 Å². The highest BCUT2D eigenvalue weighted by Crippen LogP contribution is 2.26. The van der Waals surface area contributed by atoms with E-state index in [9.17, 15) is 0 Å². The lowest BCUT2D eigenvalue weighted by Gasteiger charge is -2.20. The fourth-order valence-corrected chi connectivity index (χ4v) is 3.51. The minimum absolute atomic E-state index is 0. The number of nitrogens with two attached hydrogens (primary N) is 1. The Balaban J connectivity index is 0.00000240. The summed E-state index contributed by atoms with van der Waals surface area (Å²) in [6.45, 7) is 9.88. The van der Waals surface area contributed by atoms with Gasteiger partial charge in [0.2, 0.25) is 0 Å². The predicted octanol–water partition coefficient (Wildman–Crippen LogP) is 5.69. The molecule has 0 aliphatic rings. The zero-order valence-electron chi connectivity index (χ0n) is 18.1. The average Bonchev–Trinajstić information content (AvgIpc) is 2.71. The number of halogens is 3. The lowest BCUT2D eigenvalue weighted by molar-refractivity contribution is 0.295. The molecule has 170 valence electrons. The SMILES string of the molecule is CCN(CC)CCCC(C)Nc1cc(N)nc2nc(-c3ccc(Cl)cc3)cnc12.Cl.Cl. The molecule has 1 aromatic carbocycles. The third kappa shape index (κ3) is 7.35. The first-order valence-corrected chi connectivity index (χ1v) is 10.6. The molecule has 0 spiro atoms. The third-order valence-corrected chi connectivity index (χ3v) is 5.34. The van der Waals surface area contributed by atoms with Gasteiger partial charge >= 0.3 is 0 Å². The highest BCUT2D eigenvalue weighted by atomic mass is 35.5. The van der Waals surface area contributed by atoms with Crippen LogP contribution in [0.3, 0.4) is 0 Å². The van der Waals surface area contributed by atoms with E-state index in [0.29, 0.717) is 22.5 Å². The fourth-order valence-electron chi connectivity index (χ4n) is 3.39. The molecule has 0 radical (unpaired) electrons. The monoisotopic (exact) mass is 484 g/mol. The van der Waals surface area contributed by atoms with E-state index in [1.54, 1.807) is 6.20 Å². The van der Waals surface area contributed by atoms with Crippen LogP contribution in [0, 0.1) is 0 Å². The molecule has 0 bridgehead atoms. The van der Waals surface area contributed by atoms with Crippen molar-refractivity contribution in [2.24, 2.45) is 0 Å². The Labute approximate surface area is 201 Å². The number of nitrogens with zero attached hydrogens (tertiary/aromatic N) is 4. The Hall–Kier alpha value is -1.86. The van der Waals surface area contributed by atoms with E-state index in [4.69, 9.17) is 17.3 Å². The summed E-state index contributed by atoms with van der Waals surface area (Å²) in [6.07, 6.45) is 3.97. The van der Waals surface area contributed by atoms with E-state index < -0.39 is 0 Å². The molecule has 9 heteroatoms. The number of rotatable bonds is 9. The van der Waals surface area contributed by atoms with Gasteiger partial charge in [0.25, 0.3) is 0 Å². The van der Waals surface area contributed by atoms with E-state index in [-0.39, 0.29) is 24.8 Å². The third-order valence-electron chi connectivity index (χ3n) is 5.08. The van der Waals surface area contributed by atoms with Crippen molar-refractivity contribution in [1.82, 2.24) is 19.9 Å². The normalized spacial score (nSPS) is 11.6. The van der Waals surface area contributed by atoms with Crippen molar-refractivity contribution in [3.8, 4) is 11.3 Å². The highest BCUT2D eigenvalue weighted by molar-refractivity contribution is 6.30. The van der Waals surface area contributed by atoms with Crippen LogP contribution in [0.5, 0.6) is 0 Å². The second kappa shape index (κ2) is 12.9. The zero-order chi connectivity index (χ0) is 20.8. The Morgan fingerprint density at radius 2 is 1.77 bits per heavy atom. The number of pyridine rings is 1. The van der Waals surface area contributed by atoms with E-state index >= 15 is 0 Å². The van der Waals surface area contributed by atoms with E-state index in [1.165, 1.54) is 0 Å². The van der Waals surface area contributed by atoms with Crippen LogP contribution < -0.4 is 11.1 Å². The van der Waals surface area contributed by atoms with Gasteiger partial charge in [0.15, 0.2) is 5.65 Å². The van der Waals surface area contributed by atoms with Crippen LogP contribution in [0.15, 0.2) is 36.5 Å². The van der Waals surface area contributed by atoms with Gasteiger partial charge in [-0.3, -0.25) is 0 Å². The number of hydrogen-bond donors (Lipinski definition) is 2. The van der Waals surface area contributed by atoms with Crippen LogP contribution in [0.4, 0.5) is 11.5 Å². The molecular weight excluding hydrogens is 455 g/mol. The topological polar surface area (TPSA) is 80.0 Å². The molecule has 0 saturated carbocycles. The number of hydrogen-bond acceptors (Lipinski definition) is 6. The molecule has 0 saturated heterocycles. The molecular formula is C22H31Cl3N6. The van der Waals surface area contributed by atoms with Crippen LogP contribution in [-0.2, 0) is 0 Å². The van der Waals surface area contributed by atoms with Gasteiger partial charge in [0.05, 0.1) is 17.6 Å².